The molecule has 1 rings (SSSR count). The molecule has 70 valence electrons. The van der Waals surface area contributed by atoms with Crippen LogP contribution in [0.2, 0.25) is 0 Å². The van der Waals surface area contributed by atoms with Crippen molar-refractivity contribution in [3.8, 4) is 0 Å². The van der Waals surface area contributed by atoms with Crippen molar-refractivity contribution in [2.45, 2.75) is 32.2 Å². The van der Waals surface area contributed by atoms with Crippen LogP contribution in [0, 0.1) is 0 Å². The van der Waals surface area contributed by atoms with Crippen molar-refractivity contribution in [3.63, 3.8) is 0 Å². The SMILES string of the molecule is CC=CCN1CCCCC1CN. The lowest BCUT2D eigenvalue weighted by Crippen LogP contribution is -2.43. The first kappa shape index (κ1) is 9.75. The lowest BCUT2D eigenvalue weighted by atomic mass is 10.0. The van der Waals surface area contributed by atoms with Gasteiger partial charge >= 0.3 is 0 Å². The van der Waals surface area contributed by atoms with Crippen LogP contribution in [0.1, 0.15) is 26.2 Å². The summed E-state index contributed by atoms with van der Waals surface area (Å²) in [6.45, 7) is 5.20. The van der Waals surface area contributed by atoms with Gasteiger partial charge in [-0.3, -0.25) is 4.90 Å². The summed E-state index contributed by atoms with van der Waals surface area (Å²) in [5, 5.41) is 0. The quantitative estimate of drug-likeness (QED) is 0.645. The third-order valence-corrected chi connectivity index (χ3v) is 2.60. The molecule has 1 aliphatic heterocycles. The molecule has 0 amide bonds. The van der Waals surface area contributed by atoms with Crippen molar-refractivity contribution in [3.05, 3.63) is 12.2 Å². The van der Waals surface area contributed by atoms with Gasteiger partial charge in [0.25, 0.3) is 0 Å². The highest BCUT2D eigenvalue weighted by atomic mass is 15.2. The zero-order valence-corrected chi connectivity index (χ0v) is 8.00. The summed E-state index contributed by atoms with van der Waals surface area (Å²) in [7, 11) is 0. The molecule has 1 heterocycles. The van der Waals surface area contributed by atoms with Crippen LogP contribution in [0.5, 0.6) is 0 Å². The fourth-order valence-electron chi connectivity index (χ4n) is 1.81. The zero-order valence-electron chi connectivity index (χ0n) is 8.00. The van der Waals surface area contributed by atoms with E-state index in [4.69, 9.17) is 5.73 Å². The van der Waals surface area contributed by atoms with Crippen molar-refractivity contribution in [2.24, 2.45) is 5.73 Å². The van der Waals surface area contributed by atoms with Gasteiger partial charge in [-0.1, -0.05) is 18.6 Å². The number of rotatable bonds is 3. The van der Waals surface area contributed by atoms with E-state index >= 15 is 0 Å². The summed E-state index contributed by atoms with van der Waals surface area (Å²) in [4.78, 5) is 2.49. The lowest BCUT2D eigenvalue weighted by Gasteiger charge is -2.34. The van der Waals surface area contributed by atoms with Crippen LogP contribution < -0.4 is 5.73 Å². The number of hydrogen-bond acceptors (Lipinski definition) is 2. The molecule has 0 aromatic heterocycles. The molecule has 0 bridgehead atoms. The Balaban J connectivity index is 2.36. The largest absolute Gasteiger partial charge is 0.329 e. The first-order chi connectivity index (χ1) is 5.88. The van der Waals surface area contributed by atoms with E-state index < -0.39 is 0 Å². The molecule has 1 aliphatic rings. The lowest BCUT2D eigenvalue weighted by molar-refractivity contribution is 0.170. The fraction of sp³-hybridized carbons (Fsp3) is 0.800. The Morgan fingerprint density at radius 3 is 3.00 bits per heavy atom. The molecule has 0 saturated carbocycles. The smallest absolute Gasteiger partial charge is 0.0221 e. The van der Waals surface area contributed by atoms with Crippen molar-refractivity contribution >= 4 is 0 Å². The zero-order chi connectivity index (χ0) is 8.81. The van der Waals surface area contributed by atoms with E-state index in [1.165, 1.54) is 25.8 Å². The summed E-state index contributed by atoms with van der Waals surface area (Å²) < 4.78 is 0. The maximum absolute atomic E-state index is 5.70. The highest BCUT2D eigenvalue weighted by Crippen LogP contribution is 2.15. The molecular weight excluding hydrogens is 148 g/mol. The molecule has 0 spiro atoms. The maximum Gasteiger partial charge on any atom is 0.0221 e. The number of nitrogens with two attached hydrogens (primary N) is 1. The second-order valence-electron chi connectivity index (χ2n) is 3.45. The third kappa shape index (κ3) is 2.61. The standard InChI is InChI=1S/C10H20N2/c1-2-3-7-12-8-5-4-6-10(12)9-11/h2-3,10H,4-9,11H2,1H3. The Bertz CT molecular complexity index is 143. The molecule has 2 heteroatoms. The van der Waals surface area contributed by atoms with Crippen molar-refractivity contribution in [2.75, 3.05) is 19.6 Å². The normalized spacial score (nSPS) is 26.7. The van der Waals surface area contributed by atoms with Crippen molar-refractivity contribution in [1.29, 1.82) is 0 Å². The molecule has 1 fully saturated rings. The minimum atomic E-state index is 0.634. The first-order valence-electron chi connectivity index (χ1n) is 4.93. The molecule has 1 unspecified atom stereocenters. The van der Waals surface area contributed by atoms with Crippen LogP contribution in [0.15, 0.2) is 12.2 Å². The van der Waals surface area contributed by atoms with Gasteiger partial charge in [-0.25, -0.2) is 0 Å². The van der Waals surface area contributed by atoms with Crippen LogP contribution in [0.4, 0.5) is 0 Å². The maximum atomic E-state index is 5.70. The topological polar surface area (TPSA) is 29.3 Å². The number of likely N-dealkylation sites (tertiary alicyclic amines) is 1. The number of nitrogens with zero attached hydrogens (tertiary/aromatic N) is 1. The predicted molar refractivity (Wildman–Crippen MR) is 53.1 cm³/mol. The molecule has 0 radical (unpaired) electrons. The Morgan fingerprint density at radius 1 is 1.50 bits per heavy atom. The number of allylic oxidation sites excluding steroid dienone is 1. The van der Waals surface area contributed by atoms with Crippen molar-refractivity contribution < 1.29 is 0 Å². The Morgan fingerprint density at radius 2 is 2.33 bits per heavy atom. The summed E-state index contributed by atoms with van der Waals surface area (Å²) in [6.07, 6.45) is 8.31. The molecule has 1 saturated heterocycles. The van der Waals surface area contributed by atoms with Crippen LogP contribution >= 0.6 is 0 Å². The van der Waals surface area contributed by atoms with E-state index in [9.17, 15) is 0 Å². The molecule has 2 nitrogen and oxygen atoms in total. The van der Waals surface area contributed by atoms with E-state index in [0.29, 0.717) is 6.04 Å². The van der Waals surface area contributed by atoms with E-state index in [1.54, 1.807) is 0 Å². The van der Waals surface area contributed by atoms with Crippen LogP contribution in [-0.4, -0.2) is 30.6 Å². The molecule has 2 N–H and O–H groups in total. The van der Waals surface area contributed by atoms with E-state index in [1.807, 2.05) is 0 Å². The monoisotopic (exact) mass is 168 g/mol. The van der Waals surface area contributed by atoms with Gasteiger partial charge in [0.15, 0.2) is 0 Å². The van der Waals surface area contributed by atoms with Gasteiger partial charge in [-0.2, -0.15) is 0 Å². The van der Waals surface area contributed by atoms with E-state index in [-0.39, 0.29) is 0 Å². The van der Waals surface area contributed by atoms with Gasteiger partial charge in [0.05, 0.1) is 0 Å². The second-order valence-corrected chi connectivity index (χ2v) is 3.45. The van der Waals surface area contributed by atoms with Crippen LogP contribution in [0.25, 0.3) is 0 Å². The van der Waals surface area contributed by atoms with Gasteiger partial charge in [0.1, 0.15) is 0 Å². The molecule has 0 aromatic rings. The predicted octanol–water partition coefficient (Wildman–Crippen LogP) is 1.38. The summed E-state index contributed by atoms with van der Waals surface area (Å²) in [5.74, 6) is 0. The Labute approximate surface area is 75.4 Å². The van der Waals surface area contributed by atoms with Crippen molar-refractivity contribution in [1.82, 2.24) is 4.90 Å². The minimum absolute atomic E-state index is 0.634. The van der Waals surface area contributed by atoms with Gasteiger partial charge in [-0.05, 0) is 26.3 Å². The van der Waals surface area contributed by atoms with Crippen LogP contribution in [-0.2, 0) is 0 Å². The first-order valence-corrected chi connectivity index (χ1v) is 4.93. The number of piperidine rings is 1. The second kappa shape index (κ2) is 5.33. The summed E-state index contributed by atoms with van der Waals surface area (Å²) >= 11 is 0. The molecule has 0 aromatic carbocycles. The van der Waals surface area contributed by atoms with Gasteiger partial charge in [0.2, 0.25) is 0 Å². The van der Waals surface area contributed by atoms with Gasteiger partial charge < -0.3 is 5.73 Å². The number of hydrogen-bond donors (Lipinski definition) is 1. The third-order valence-electron chi connectivity index (χ3n) is 2.60. The van der Waals surface area contributed by atoms with Gasteiger partial charge in [-0.15, -0.1) is 0 Å². The molecular formula is C10H20N2. The van der Waals surface area contributed by atoms with Gasteiger partial charge in [0, 0.05) is 19.1 Å². The average Bonchev–Trinajstić information content (AvgIpc) is 2.15. The highest BCUT2D eigenvalue weighted by molar-refractivity contribution is 4.86. The Kier molecular flexibility index (Phi) is 4.33. The van der Waals surface area contributed by atoms with E-state index in [0.717, 1.165) is 13.1 Å². The molecule has 1 atom stereocenters. The molecule has 12 heavy (non-hydrogen) atoms. The minimum Gasteiger partial charge on any atom is -0.329 e. The summed E-state index contributed by atoms with van der Waals surface area (Å²) in [5.41, 5.74) is 5.70. The molecule has 0 aliphatic carbocycles. The van der Waals surface area contributed by atoms with E-state index in [2.05, 4.69) is 24.0 Å². The van der Waals surface area contributed by atoms with Crippen LogP contribution in [0.3, 0.4) is 0 Å². The Hall–Kier alpha value is -0.340. The highest BCUT2D eigenvalue weighted by Gasteiger charge is 2.19. The fourth-order valence-corrected chi connectivity index (χ4v) is 1.81. The summed E-state index contributed by atoms with van der Waals surface area (Å²) in [6, 6.07) is 0.634. The average molecular weight is 168 g/mol.